The number of alkyl halides is 1. The van der Waals surface area contributed by atoms with Crippen LogP contribution in [0.5, 0.6) is 0 Å². The highest BCUT2D eigenvalue weighted by molar-refractivity contribution is 9.09. The van der Waals surface area contributed by atoms with Crippen LogP contribution in [0.3, 0.4) is 0 Å². The highest BCUT2D eigenvalue weighted by Crippen LogP contribution is 2.19. The summed E-state index contributed by atoms with van der Waals surface area (Å²) in [5, 5.41) is 3.48. The fourth-order valence-electron chi connectivity index (χ4n) is 1.49. The van der Waals surface area contributed by atoms with Crippen molar-refractivity contribution in [2.45, 2.75) is 43.6 Å². The summed E-state index contributed by atoms with van der Waals surface area (Å²) in [6.45, 7) is 4.48. The number of halogens is 1. The SMILES string of the molecule is CC1CC(Br)CC(C)N1. The van der Waals surface area contributed by atoms with Crippen molar-refractivity contribution in [3.63, 3.8) is 0 Å². The Hall–Kier alpha value is 0.440. The van der Waals surface area contributed by atoms with Crippen LogP contribution >= 0.6 is 15.9 Å². The number of hydrogen-bond acceptors (Lipinski definition) is 1. The topological polar surface area (TPSA) is 12.0 Å². The van der Waals surface area contributed by atoms with Crippen LogP contribution in [0.1, 0.15) is 26.7 Å². The quantitative estimate of drug-likeness (QED) is 0.578. The largest absolute Gasteiger partial charge is 0.312 e. The van der Waals surface area contributed by atoms with Crippen LogP contribution in [0.15, 0.2) is 0 Å². The normalized spacial score (nSPS) is 45.0. The number of piperidine rings is 1. The fraction of sp³-hybridized carbons (Fsp3) is 1.00. The Morgan fingerprint density at radius 2 is 1.67 bits per heavy atom. The minimum Gasteiger partial charge on any atom is -0.312 e. The molecule has 9 heavy (non-hydrogen) atoms. The Labute approximate surface area is 65.3 Å². The molecule has 0 aliphatic carbocycles. The summed E-state index contributed by atoms with van der Waals surface area (Å²) in [6.07, 6.45) is 2.54. The number of nitrogens with one attached hydrogen (secondary N) is 1. The summed E-state index contributed by atoms with van der Waals surface area (Å²) in [7, 11) is 0. The predicted molar refractivity (Wildman–Crippen MR) is 44.0 cm³/mol. The third-order valence-electron chi connectivity index (χ3n) is 1.79. The minimum absolute atomic E-state index is 0.693. The molecule has 0 bridgehead atoms. The number of hydrogen-bond donors (Lipinski definition) is 1. The second-order valence-electron chi connectivity index (χ2n) is 3.04. The van der Waals surface area contributed by atoms with Gasteiger partial charge in [0.1, 0.15) is 0 Å². The van der Waals surface area contributed by atoms with Gasteiger partial charge in [-0.15, -0.1) is 0 Å². The Morgan fingerprint density at radius 1 is 1.22 bits per heavy atom. The molecule has 1 aliphatic heterocycles. The van der Waals surface area contributed by atoms with E-state index in [4.69, 9.17) is 0 Å². The van der Waals surface area contributed by atoms with E-state index in [0.717, 1.165) is 4.83 Å². The summed E-state index contributed by atoms with van der Waals surface area (Å²) < 4.78 is 0. The van der Waals surface area contributed by atoms with Gasteiger partial charge in [0.25, 0.3) is 0 Å². The molecule has 1 heterocycles. The molecule has 2 unspecified atom stereocenters. The van der Waals surface area contributed by atoms with Crippen molar-refractivity contribution >= 4 is 15.9 Å². The van der Waals surface area contributed by atoms with Crippen LogP contribution in [0.4, 0.5) is 0 Å². The van der Waals surface area contributed by atoms with Crippen LogP contribution in [0.2, 0.25) is 0 Å². The third kappa shape index (κ3) is 2.26. The summed E-state index contributed by atoms with van der Waals surface area (Å²) in [5.74, 6) is 0. The molecule has 0 spiro atoms. The Morgan fingerprint density at radius 3 is 2.00 bits per heavy atom. The van der Waals surface area contributed by atoms with Crippen molar-refractivity contribution in [2.24, 2.45) is 0 Å². The summed E-state index contributed by atoms with van der Waals surface area (Å²) in [6, 6.07) is 1.39. The molecule has 54 valence electrons. The zero-order valence-electron chi connectivity index (χ0n) is 6.02. The Kier molecular flexibility index (Phi) is 2.53. The first-order chi connectivity index (χ1) is 4.18. The van der Waals surface area contributed by atoms with Gasteiger partial charge in [-0.1, -0.05) is 15.9 Å². The first-order valence-electron chi connectivity index (χ1n) is 3.58. The molecule has 1 nitrogen and oxygen atoms in total. The van der Waals surface area contributed by atoms with Crippen LogP contribution in [-0.4, -0.2) is 16.9 Å². The molecule has 1 N–H and O–H groups in total. The second-order valence-corrected chi connectivity index (χ2v) is 4.33. The fourth-order valence-corrected chi connectivity index (χ4v) is 2.61. The van der Waals surface area contributed by atoms with Crippen molar-refractivity contribution in [3.05, 3.63) is 0 Å². The van der Waals surface area contributed by atoms with Gasteiger partial charge in [-0.2, -0.15) is 0 Å². The van der Waals surface area contributed by atoms with E-state index >= 15 is 0 Å². The predicted octanol–water partition coefficient (Wildman–Crippen LogP) is 1.91. The first-order valence-corrected chi connectivity index (χ1v) is 4.50. The molecule has 0 radical (unpaired) electrons. The summed E-state index contributed by atoms with van der Waals surface area (Å²) in [5.41, 5.74) is 0. The van der Waals surface area contributed by atoms with Gasteiger partial charge in [0.15, 0.2) is 0 Å². The van der Waals surface area contributed by atoms with Gasteiger partial charge in [0.05, 0.1) is 0 Å². The monoisotopic (exact) mass is 191 g/mol. The van der Waals surface area contributed by atoms with Gasteiger partial charge >= 0.3 is 0 Å². The van der Waals surface area contributed by atoms with Crippen LogP contribution < -0.4 is 5.32 Å². The molecule has 1 rings (SSSR count). The molecular formula is C7H14BrN. The maximum absolute atomic E-state index is 3.63. The molecule has 0 aromatic carbocycles. The minimum atomic E-state index is 0.693. The van der Waals surface area contributed by atoms with Crippen molar-refractivity contribution in [2.75, 3.05) is 0 Å². The van der Waals surface area contributed by atoms with Gasteiger partial charge in [0.2, 0.25) is 0 Å². The maximum atomic E-state index is 3.63. The molecule has 1 fully saturated rings. The lowest BCUT2D eigenvalue weighted by Gasteiger charge is -2.29. The average molecular weight is 192 g/mol. The molecule has 0 saturated carbocycles. The van der Waals surface area contributed by atoms with E-state index < -0.39 is 0 Å². The maximum Gasteiger partial charge on any atom is 0.0175 e. The van der Waals surface area contributed by atoms with Gasteiger partial charge in [-0.25, -0.2) is 0 Å². The lowest BCUT2D eigenvalue weighted by molar-refractivity contribution is 0.363. The van der Waals surface area contributed by atoms with E-state index in [9.17, 15) is 0 Å². The Balaban J connectivity index is 2.34. The smallest absolute Gasteiger partial charge is 0.0175 e. The van der Waals surface area contributed by atoms with Gasteiger partial charge in [-0.05, 0) is 26.7 Å². The molecule has 0 amide bonds. The van der Waals surface area contributed by atoms with Gasteiger partial charge in [-0.3, -0.25) is 0 Å². The molecule has 2 heteroatoms. The van der Waals surface area contributed by atoms with E-state index in [1.165, 1.54) is 12.8 Å². The lowest BCUT2D eigenvalue weighted by atomic mass is 10.0. The second kappa shape index (κ2) is 3.02. The molecule has 0 aromatic rings. The first kappa shape index (κ1) is 7.55. The van der Waals surface area contributed by atoms with Crippen LogP contribution in [0, 0.1) is 0 Å². The molecule has 1 aliphatic rings. The summed E-state index contributed by atoms with van der Waals surface area (Å²) in [4.78, 5) is 0.740. The summed E-state index contributed by atoms with van der Waals surface area (Å²) >= 11 is 3.63. The van der Waals surface area contributed by atoms with E-state index in [1.54, 1.807) is 0 Å². The van der Waals surface area contributed by atoms with E-state index in [-0.39, 0.29) is 0 Å². The highest BCUT2D eigenvalue weighted by atomic mass is 79.9. The van der Waals surface area contributed by atoms with Crippen molar-refractivity contribution < 1.29 is 0 Å². The van der Waals surface area contributed by atoms with Gasteiger partial charge < -0.3 is 5.32 Å². The average Bonchev–Trinajstić information content (AvgIpc) is 1.59. The van der Waals surface area contributed by atoms with E-state index in [0.29, 0.717) is 12.1 Å². The van der Waals surface area contributed by atoms with Crippen LogP contribution in [-0.2, 0) is 0 Å². The van der Waals surface area contributed by atoms with Crippen molar-refractivity contribution in [1.82, 2.24) is 5.32 Å². The molecule has 0 aromatic heterocycles. The standard InChI is InChI=1S/C7H14BrN/c1-5-3-7(8)4-6(2)9-5/h5-7,9H,3-4H2,1-2H3. The van der Waals surface area contributed by atoms with E-state index in [1.807, 2.05) is 0 Å². The third-order valence-corrected chi connectivity index (χ3v) is 2.54. The van der Waals surface area contributed by atoms with Crippen molar-refractivity contribution in [1.29, 1.82) is 0 Å². The molecule has 2 atom stereocenters. The van der Waals surface area contributed by atoms with Crippen LogP contribution in [0.25, 0.3) is 0 Å². The lowest BCUT2D eigenvalue weighted by Crippen LogP contribution is -2.42. The Bertz CT molecular complexity index is 69.9. The highest BCUT2D eigenvalue weighted by Gasteiger charge is 2.20. The zero-order chi connectivity index (χ0) is 6.85. The molecular weight excluding hydrogens is 178 g/mol. The van der Waals surface area contributed by atoms with Gasteiger partial charge in [0, 0.05) is 16.9 Å². The number of rotatable bonds is 0. The van der Waals surface area contributed by atoms with E-state index in [2.05, 4.69) is 35.1 Å². The van der Waals surface area contributed by atoms with Crippen molar-refractivity contribution in [3.8, 4) is 0 Å². The zero-order valence-corrected chi connectivity index (χ0v) is 7.61. The molecule has 1 saturated heterocycles.